The van der Waals surface area contributed by atoms with Gasteiger partial charge in [0.25, 0.3) is 0 Å². The highest BCUT2D eigenvalue weighted by atomic mass is 16.3. The minimum absolute atomic E-state index is 0.221. The first-order chi connectivity index (χ1) is 12.3. The number of hydrazone groups is 1. The van der Waals surface area contributed by atoms with Crippen molar-refractivity contribution in [3.05, 3.63) is 78.5 Å². The second-order valence-corrected chi connectivity index (χ2v) is 5.40. The molecular weight excluding hydrogens is 316 g/mol. The number of benzene rings is 2. The maximum Gasteiger partial charge on any atom is 0.307 e. The Morgan fingerprint density at radius 2 is 1.96 bits per heavy atom. The van der Waals surface area contributed by atoms with Crippen molar-refractivity contribution in [1.29, 1.82) is 0 Å². The zero-order valence-corrected chi connectivity index (χ0v) is 13.2. The molecular formula is C20H14N2O3. The molecule has 1 N–H and O–H groups in total. The van der Waals surface area contributed by atoms with Gasteiger partial charge in [0.2, 0.25) is 0 Å². The Balaban J connectivity index is 1.51. The van der Waals surface area contributed by atoms with E-state index < -0.39 is 5.91 Å². The Morgan fingerprint density at radius 3 is 2.84 bits per heavy atom. The van der Waals surface area contributed by atoms with Crippen LogP contribution in [0.3, 0.4) is 0 Å². The van der Waals surface area contributed by atoms with Gasteiger partial charge < -0.3 is 8.83 Å². The summed E-state index contributed by atoms with van der Waals surface area (Å²) in [7, 11) is 0. The van der Waals surface area contributed by atoms with Crippen LogP contribution in [0, 0.1) is 0 Å². The zero-order chi connectivity index (χ0) is 17.1. The van der Waals surface area contributed by atoms with Gasteiger partial charge in [-0.15, -0.1) is 0 Å². The number of allylic oxidation sites excluding steroid dienone is 1. The van der Waals surface area contributed by atoms with Crippen molar-refractivity contribution in [1.82, 2.24) is 5.43 Å². The molecule has 0 fully saturated rings. The van der Waals surface area contributed by atoms with Crippen molar-refractivity contribution in [3.8, 4) is 0 Å². The van der Waals surface area contributed by atoms with Crippen molar-refractivity contribution in [2.75, 3.05) is 0 Å². The van der Waals surface area contributed by atoms with E-state index in [-0.39, 0.29) is 5.76 Å². The Morgan fingerprint density at radius 1 is 1.04 bits per heavy atom. The molecule has 1 amide bonds. The smallest absolute Gasteiger partial charge is 0.307 e. The third kappa shape index (κ3) is 3.07. The Kier molecular flexibility index (Phi) is 3.88. The highest BCUT2D eigenvalue weighted by molar-refractivity contribution is 6.08. The lowest BCUT2D eigenvalue weighted by Crippen LogP contribution is -2.16. The van der Waals surface area contributed by atoms with Gasteiger partial charge in [0, 0.05) is 11.6 Å². The number of hydrogen-bond acceptors (Lipinski definition) is 4. The molecule has 2 aromatic carbocycles. The van der Waals surface area contributed by atoms with Gasteiger partial charge in [0.1, 0.15) is 11.3 Å². The van der Waals surface area contributed by atoms with Gasteiger partial charge in [-0.05, 0) is 47.2 Å². The monoisotopic (exact) mass is 330 g/mol. The van der Waals surface area contributed by atoms with E-state index in [0.29, 0.717) is 11.3 Å². The van der Waals surface area contributed by atoms with Crippen molar-refractivity contribution < 1.29 is 13.6 Å². The topological polar surface area (TPSA) is 67.7 Å². The standard InChI is InChI=1S/C20H14N2O3/c23-20(22-21-11-3-6-15-7-4-12-24-15)19-13-17-16-8-2-1-5-14(16)9-10-18(17)25-19/h1-13H,(H,22,23)/b6-3-,21-11?. The largest absolute Gasteiger partial charge is 0.465 e. The summed E-state index contributed by atoms with van der Waals surface area (Å²) in [5.74, 6) is 0.531. The summed E-state index contributed by atoms with van der Waals surface area (Å²) in [6, 6.07) is 17.2. The van der Waals surface area contributed by atoms with E-state index in [4.69, 9.17) is 8.83 Å². The lowest BCUT2D eigenvalue weighted by Gasteiger charge is -1.96. The van der Waals surface area contributed by atoms with E-state index in [1.165, 1.54) is 6.21 Å². The number of nitrogens with zero attached hydrogens (tertiary/aromatic N) is 1. The summed E-state index contributed by atoms with van der Waals surface area (Å²) in [6.45, 7) is 0. The van der Waals surface area contributed by atoms with E-state index >= 15 is 0 Å². The summed E-state index contributed by atoms with van der Waals surface area (Å²) in [5.41, 5.74) is 3.11. The number of carbonyl (C=O) groups excluding carboxylic acids is 1. The maximum atomic E-state index is 12.2. The number of carbonyl (C=O) groups is 1. The van der Waals surface area contributed by atoms with Crippen LogP contribution in [0.2, 0.25) is 0 Å². The van der Waals surface area contributed by atoms with E-state index in [1.54, 1.807) is 30.5 Å². The molecule has 25 heavy (non-hydrogen) atoms. The Labute approximate surface area is 143 Å². The quantitative estimate of drug-likeness (QED) is 0.439. The van der Waals surface area contributed by atoms with Crippen LogP contribution in [0.5, 0.6) is 0 Å². The first-order valence-electron chi connectivity index (χ1n) is 7.76. The molecule has 4 aromatic rings. The van der Waals surface area contributed by atoms with Crippen LogP contribution in [0.15, 0.2) is 80.9 Å². The third-order valence-electron chi connectivity index (χ3n) is 3.78. The first-order valence-corrected chi connectivity index (χ1v) is 7.76. The van der Waals surface area contributed by atoms with E-state index in [2.05, 4.69) is 10.5 Å². The summed E-state index contributed by atoms with van der Waals surface area (Å²) >= 11 is 0. The lowest BCUT2D eigenvalue weighted by atomic mass is 10.1. The summed E-state index contributed by atoms with van der Waals surface area (Å²) in [5, 5.41) is 6.92. The van der Waals surface area contributed by atoms with E-state index in [0.717, 1.165) is 16.2 Å². The van der Waals surface area contributed by atoms with Crippen LogP contribution in [0.25, 0.3) is 27.8 Å². The van der Waals surface area contributed by atoms with Gasteiger partial charge in [0.15, 0.2) is 5.76 Å². The maximum absolute atomic E-state index is 12.2. The van der Waals surface area contributed by atoms with Crippen molar-refractivity contribution in [2.45, 2.75) is 0 Å². The molecule has 0 unspecified atom stereocenters. The van der Waals surface area contributed by atoms with Gasteiger partial charge in [-0.25, -0.2) is 5.43 Å². The SMILES string of the molecule is O=C(NN=C/C=C\c1ccco1)c1cc2c(ccc3ccccc32)o1. The van der Waals surface area contributed by atoms with Crippen LogP contribution in [-0.4, -0.2) is 12.1 Å². The predicted octanol–water partition coefficient (Wildman–Crippen LogP) is 4.61. The fourth-order valence-electron chi connectivity index (χ4n) is 2.62. The van der Waals surface area contributed by atoms with Crippen molar-refractivity contribution in [3.63, 3.8) is 0 Å². The van der Waals surface area contributed by atoms with Gasteiger partial charge in [0.05, 0.1) is 6.26 Å². The average Bonchev–Trinajstić information content (AvgIpc) is 3.30. The average molecular weight is 330 g/mol. The highest BCUT2D eigenvalue weighted by Gasteiger charge is 2.13. The normalized spacial score (nSPS) is 11.8. The molecule has 5 heteroatoms. The molecule has 122 valence electrons. The van der Waals surface area contributed by atoms with Crippen LogP contribution in [0.4, 0.5) is 0 Å². The number of hydrogen-bond donors (Lipinski definition) is 1. The minimum atomic E-state index is -0.400. The number of amides is 1. The summed E-state index contributed by atoms with van der Waals surface area (Å²) in [4.78, 5) is 12.2. The molecule has 2 aromatic heterocycles. The number of furan rings is 2. The zero-order valence-electron chi connectivity index (χ0n) is 13.2. The fraction of sp³-hybridized carbons (Fsp3) is 0. The second-order valence-electron chi connectivity index (χ2n) is 5.40. The van der Waals surface area contributed by atoms with Crippen LogP contribution < -0.4 is 5.43 Å². The fourth-order valence-corrected chi connectivity index (χ4v) is 2.62. The molecule has 0 aliphatic carbocycles. The van der Waals surface area contributed by atoms with E-state index in [9.17, 15) is 4.79 Å². The van der Waals surface area contributed by atoms with E-state index in [1.807, 2.05) is 42.5 Å². The van der Waals surface area contributed by atoms with Crippen LogP contribution >= 0.6 is 0 Å². The molecule has 0 aliphatic heterocycles. The van der Waals surface area contributed by atoms with Gasteiger partial charge >= 0.3 is 5.91 Å². The van der Waals surface area contributed by atoms with Crippen molar-refractivity contribution in [2.24, 2.45) is 5.10 Å². The number of fused-ring (bicyclic) bond motifs is 3. The molecule has 2 heterocycles. The second kappa shape index (κ2) is 6.49. The molecule has 0 saturated carbocycles. The predicted molar refractivity (Wildman–Crippen MR) is 97.4 cm³/mol. The first kappa shape index (κ1) is 15.0. The molecule has 0 saturated heterocycles. The molecule has 0 atom stereocenters. The number of rotatable bonds is 4. The van der Waals surface area contributed by atoms with Gasteiger partial charge in [-0.3, -0.25) is 4.79 Å². The summed E-state index contributed by atoms with van der Waals surface area (Å²) in [6.07, 6.45) is 6.47. The lowest BCUT2D eigenvalue weighted by molar-refractivity contribution is 0.0929. The summed E-state index contributed by atoms with van der Waals surface area (Å²) < 4.78 is 10.8. The van der Waals surface area contributed by atoms with Crippen molar-refractivity contribution >= 4 is 39.9 Å². The van der Waals surface area contributed by atoms with Crippen LogP contribution in [0.1, 0.15) is 16.3 Å². The molecule has 5 nitrogen and oxygen atoms in total. The minimum Gasteiger partial charge on any atom is -0.465 e. The molecule has 0 bridgehead atoms. The molecule has 0 radical (unpaired) electrons. The molecule has 4 rings (SSSR count). The van der Waals surface area contributed by atoms with Gasteiger partial charge in [-0.1, -0.05) is 30.3 Å². The Hall–Kier alpha value is -3.60. The number of nitrogens with one attached hydrogen (secondary N) is 1. The molecule has 0 spiro atoms. The van der Waals surface area contributed by atoms with Crippen LogP contribution in [-0.2, 0) is 0 Å². The molecule has 0 aliphatic rings. The Bertz CT molecular complexity index is 1090. The van der Waals surface area contributed by atoms with Gasteiger partial charge in [-0.2, -0.15) is 5.10 Å². The highest BCUT2D eigenvalue weighted by Crippen LogP contribution is 2.28. The third-order valence-corrected chi connectivity index (χ3v) is 3.78.